The van der Waals surface area contributed by atoms with E-state index in [2.05, 4.69) is 21.3 Å². The van der Waals surface area contributed by atoms with Crippen molar-refractivity contribution in [2.75, 3.05) is 11.5 Å². The van der Waals surface area contributed by atoms with Crippen LogP contribution >= 0.6 is 20.6 Å². The number of hydrogen-bond acceptors (Lipinski definition) is 8. The van der Waals surface area contributed by atoms with Crippen LogP contribution in [-0.2, 0) is 39.5 Å². The van der Waals surface area contributed by atoms with Gasteiger partial charge in [-0.15, -0.1) is 0 Å². The second kappa shape index (κ2) is 15.3. The lowest BCUT2D eigenvalue weighted by Crippen LogP contribution is -2.57. The summed E-state index contributed by atoms with van der Waals surface area (Å²) in [6, 6.07) is -2.85. The van der Waals surface area contributed by atoms with E-state index in [0.29, 0.717) is 12.2 Å². The molecule has 2 aliphatic rings. The Morgan fingerprint density at radius 3 is 2.35 bits per heavy atom. The molecule has 0 aromatic carbocycles. The van der Waals surface area contributed by atoms with Gasteiger partial charge in [-0.25, -0.2) is 4.79 Å². The number of amides is 4. The van der Waals surface area contributed by atoms with Crippen molar-refractivity contribution < 1.29 is 28.7 Å². The fourth-order valence-electron chi connectivity index (χ4n) is 3.52. The van der Waals surface area contributed by atoms with E-state index in [1.54, 1.807) is 61.3 Å². The Labute approximate surface area is 229 Å². The number of carbonyl (C=O) groups is 5. The van der Waals surface area contributed by atoms with Crippen molar-refractivity contribution in [3.63, 3.8) is 0 Å². The van der Waals surface area contributed by atoms with E-state index in [1.165, 1.54) is 6.08 Å². The van der Waals surface area contributed by atoms with Crippen LogP contribution in [0.2, 0.25) is 0 Å². The molecule has 4 N–H and O–H groups in total. The van der Waals surface area contributed by atoms with Crippen LogP contribution < -0.4 is 21.3 Å². The Balaban J connectivity index is 2.55. The van der Waals surface area contributed by atoms with Crippen molar-refractivity contribution in [2.24, 2.45) is 11.8 Å². The van der Waals surface area contributed by atoms with Crippen LogP contribution in [0.5, 0.6) is 0 Å². The summed E-state index contributed by atoms with van der Waals surface area (Å²) >= 11 is 0. The molecule has 1 unspecified atom stereocenters. The van der Waals surface area contributed by atoms with Gasteiger partial charge in [0.15, 0.2) is 15.9 Å². The number of nitrogens with one attached hydrogen (secondary N) is 4. The van der Waals surface area contributed by atoms with E-state index < -0.39 is 53.8 Å². The van der Waals surface area contributed by atoms with E-state index in [4.69, 9.17) is 4.74 Å². The van der Waals surface area contributed by atoms with Gasteiger partial charge in [0.1, 0.15) is 29.6 Å². The van der Waals surface area contributed by atoms with Crippen molar-refractivity contribution >= 4 is 61.0 Å². The number of carbonyl (C=O) groups excluding carboxylic acids is 5. The second-order valence-electron chi connectivity index (χ2n) is 9.34. The van der Waals surface area contributed by atoms with Crippen molar-refractivity contribution in [1.82, 2.24) is 21.3 Å². The van der Waals surface area contributed by atoms with Crippen LogP contribution in [0.3, 0.4) is 0 Å². The average Bonchev–Trinajstić information content (AvgIpc) is 2.82. The first-order chi connectivity index (χ1) is 17.5. The number of rotatable bonds is 2. The molecular weight excluding hydrogens is 536 g/mol. The summed E-state index contributed by atoms with van der Waals surface area (Å²) in [7, 11) is 4.02. The van der Waals surface area contributed by atoms with E-state index in [1.807, 2.05) is 6.08 Å². The maximum absolute atomic E-state index is 13.2. The van der Waals surface area contributed by atoms with Gasteiger partial charge < -0.3 is 26.0 Å². The largest absolute Gasteiger partial charge is 0.456 e. The molecule has 1 fully saturated rings. The molecule has 4 atom stereocenters. The van der Waals surface area contributed by atoms with Crippen molar-refractivity contribution in [3.8, 4) is 0 Å². The first-order valence-corrected chi connectivity index (χ1v) is 16.2. The molecule has 2 aliphatic heterocycles. The quantitative estimate of drug-likeness (QED) is 0.0963. The van der Waals surface area contributed by atoms with Gasteiger partial charge in [-0.3, -0.25) is 19.2 Å². The summed E-state index contributed by atoms with van der Waals surface area (Å²) < 4.78 is 5.67. The summed E-state index contributed by atoms with van der Waals surface area (Å²) in [6.45, 7) is 8.68. The molecule has 37 heavy (non-hydrogen) atoms. The van der Waals surface area contributed by atoms with Crippen LogP contribution in [0.15, 0.2) is 23.9 Å². The molecule has 4 amide bonds. The minimum absolute atomic E-state index is 0.0419. The highest BCUT2D eigenvalue weighted by Crippen LogP contribution is 2.24. The highest BCUT2D eigenvalue weighted by molar-refractivity contribution is 9.04. The Bertz CT molecular complexity index is 924. The second-order valence-corrected chi connectivity index (χ2v) is 14.0. The molecule has 206 valence electrons. The van der Waals surface area contributed by atoms with E-state index >= 15 is 0 Å². The third-order valence-corrected chi connectivity index (χ3v) is 10.2. The molecule has 2 bridgehead atoms. The molecule has 0 radical (unpaired) electrons. The summed E-state index contributed by atoms with van der Waals surface area (Å²) in [5.74, 6) is -2.42. The lowest BCUT2D eigenvalue weighted by Gasteiger charge is -2.27. The van der Waals surface area contributed by atoms with Crippen molar-refractivity contribution in [2.45, 2.75) is 71.7 Å². The molecule has 0 aliphatic carbocycles. The Hall–Kier alpha value is -2.12. The Kier molecular flexibility index (Phi) is 12.9. The zero-order valence-corrected chi connectivity index (χ0v) is 24.3. The zero-order chi connectivity index (χ0) is 27.5. The third kappa shape index (κ3) is 9.93. The van der Waals surface area contributed by atoms with E-state index in [-0.39, 0.29) is 24.0 Å². The fourth-order valence-corrected chi connectivity index (χ4v) is 7.62. The van der Waals surface area contributed by atoms with Gasteiger partial charge in [0.05, 0.1) is 17.2 Å². The molecular formula is C24H37N4O6S3+. The van der Waals surface area contributed by atoms with Gasteiger partial charge in [0.25, 0.3) is 11.8 Å². The van der Waals surface area contributed by atoms with Crippen molar-refractivity contribution in [3.05, 3.63) is 23.9 Å². The minimum atomic E-state index is -1.01. The van der Waals surface area contributed by atoms with Gasteiger partial charge in [0, 0.05) is 5.75 Å². The Morgan fingerprint density at radius 2 is 1.70 bits per heavy atom. The molecule has 10 nitrogen and oxygen atoms in total. The highest BCUT2D eigenvalue weighted by Gasteiger charge is 2.34. The molecule has 0 spiro atoms. The Morgan fingerprint density at radius 1 is 1.00 bits per heavy atom. The SMILES string of the molecule is C/C=C1\NC(=O)[C@H]2C[SH+]SSCC/C=C/[C@H](CC(=O)N[C@H](C(C)C)C(=O)N2)OC(=O)C(C(C)C)NC1=O. The van der Waals surface area contributed by atoms with Crippen molar-refractivity contribution in [1.29, 1.82) is 0 Å². The third-order valence-electron chi connectivity index (χ3n) is 5.63. The predicted octanol–water partition coefficient (Wildman–Crippen LogP) is 1.16. The van der Waals surface area contributed by atoms with Crippen LogP contribution in [0.25, 0.3) is 0 Å². The number of hydrogen-bond donors (Lipinski definition) is 4. The smallest absolute Gasteiger partial charge is 0.329 e. The standard InChI is InChI=1S/C24H36N4O6S3/c1-6-16-21(30)28-20(14(4)5)24(33)34-15-9-7-8-10-35-37-36-12-17(22(31)25-16)26-23(32)19(13(2)3)27-18(29)11-15/h6-7,9,13-15,17,19-20H,8,10-12H2,1-5H3,(H,25,31)(H,26,32)(H,27,29)(H,28,30)/p+1/b9-7+,16-6-/t15-,17-,19-,20?/m1/s1. The molecule has 13 heteroatoms. The number of fused-ring (bicyclic) bond motifs is 7. The molecule has 1 saturated heterocycles. The first kappa shape index (κ1) is 31.1. The van der Waals surface area contributed by atoms with Gasteiger partial charge in [-0.05, 0) is 42.1 Å². The highest BCUT2D eigenvalue weighted by atomic mass is 33.5. The predicted molar refractivity (Wildman–Crippen MR) is 149 cm³/mol. The molecule has 2 heterocycles. The van der Waals surface area contributed by atoms with E-state index in [9.17, 15) is 24.0 Å². The van der Waals surface area contributed by atoms with Gasteiger partial charge in [-0.2, -0.15) is 0 Å². The fraction of sp³-hybridized carbons (Fsp3) is 0.625. The maximum atomic E-state index is 13.2. The van der Waals surface area contributed by atoms with Gasteiger partial charge in [0.2, 0.25) is 11.8 Å². The minimum Gasteiger partial charge on any atom is -0.456 e. The number of ether oxygens (including phenoxy) is 1. The summed E-state index contributed by atoms with van der Waals surface area (Å²) in [6.07, 6.45) is 4.57. The van der Waals surface area contributed by atoms with Gasteiger partial charge >= 0.3 is 5.97 Å². The zero-order valence-electron chi connectivity index (χ0n) is 21.7. The van der Waals surface area contributed by atoms with Crippen LogP contribution in [0, 0.1) is 11.8 Å². The monoisotopic (exact) mass is 573 g/mol. The summed E-state index contributed by atoms with van der Waals surface area (Å²) in [5.41, 5.74) is -0.0419. The summed E-state index contributed by atoms with van der Waals surface area (Å²) in [4.78, 5) is 65.4. The average molecular weight is 574 g/mol. The number of thiol groups is 1. The maximum Gasteiger partial charge on any atom is 0.329 e. The van der Waals surface area contributed by atoms with E-state index in [0.717, 1.165) is 16.5 Å². The summed E-state index contributed by atoms with van der Waals surface area (Å²) in [5, 5.41) is 10.7. The normalized spacial score (nSPS) is 29.5. The molecule has 0 saturated carbocycles. The number of esters is 1. The topological polar surface area (TPSA) is 143 Å². The lowest BCUT2D eigenvalue weighted by molar-refractivity contribution is -0.153. The number of allylic oxidation sites excluding steroid dienone is 2. The molecule has 0 aromatic rings. The lowest BCUT2D eigenvalue weighted by atomic mass is 10.0. The van der Waals surface area contributed by atoms with Crippen LogP contribution in [0.4, 0.5) is 0 Å². The molecule has 0 aromatic heterocycles. The van der Waals surface area contributed by atoms with Gasteiger partial charge in [-0.1, -0.05) is 39.8 Å². The van der Waals surface area contributed by atoms with Crippen LogP contribution in [0.1, 0.15) is 47.5 Å². The first-order valence-electron chi connectivity index (χ1n) is 12.2. The molecule has 2 rings (SSSR count). The van der Waals surface area contributed by atoms with Crippen LogP contribution in [-0.4, -0.2) is 65.3 Å².